The molecule has 0 aromatic carbocycles. The topological polar surface area (TPSA) is 95.5 Å². The van der Waals surface area contributed by atoms with E-state index in [2.05, 4.69) is 20.2 Å². The second kappa shape index (κ2) is 8.76. The van der Waals surface area contributed by atoms with Gasteiger partial charge >= 0.3 is 0 Å². The number of piperidine rings is 2. The molecule has 4 heterocycles. The van der Waals surface area contributed by atoms with Crippen molar-refractivity contribution in [1.82, 2.24) is 19.6 Å². The first kappa shape index (κ1) is 20.2. The molecule has 1 unspecified atom stereocenters. The van der Waals surface area contributed by atoms with Crippen LogP contribution in [0.2, 0.25) is 0 Å². The molecule has 0 spiro atoms. The number of amides is 1. The summed E-state index contributed by atoms with van der Waals surface area (Å²) in [6.45, 7) is 1.91. The van der Waals surface area contributed by atoms with Crippen molar-refractivity contribution < 1.29 is 13.2 Å². The predicted molar refractivity (Wildman–Crippen MR) is 111 cm³/mol. The summed E-state index contributed by atoms with van der Waals surface area (Å²) in [7, 11) is -3.63. The first-order valence-electron chi connectivity index (χ1n) is 9.93. The molecule has 1 amide bonds. The number of sulfonamides is 1. The van der Waals surface area contributed by atoms with Crippen LogP contribution in [-0.2, 0) is 14.8 Å². The van der Waals surface area contributed by atoms with Crippen molar-refractivity contribution in [2.24, 2.45) is 0 Å². The van der Waals surface area contributed by atoms with Gasteiger partial charge in [-0.2, -0.15) is 4.31 Å². The minimum Gasteiger partial charge on any atom is -0.352 e. The highest BCUT2D eigenvalue weighted by atomic mass is 32.2. The fourth-order valence-corrected chi connectivity index (χ4v) is 6.73. The molecule has 4 rings (SSSR count). The molecule has 2 aromatic rings. The normalized spacial score (nSPS) is 21.8. The number of anilines is 1. The van der Waals surface area contributed by atoms with E-state index < -0.39 is 16.1 Å². The Morgan fingerprint density at radius 1 is 1.07 bits per heavy atom. The molecule has 2 aliphatic rings. The average Bonchev–Trinajstić information content (AvgIpc) is 3.31. The number of rotatable bonds is 5. The zero-order valence-corrected chi connectivity index (χ0v) is 17.7. The van der Waals surface area contributed by atoms with Crippen LogP contribution in [0, 0.1) is 0 Å². The van der Waals surface area contributed by atoms with Crippen molar-refractivity contribution in [2.45, 2.75) is 48.4 Å². The molecule has 2 aliphatic heterocycles. The van der Waals surface area contributed by atoms with Gasteiger partial charge in [0, 0.05) is 38.1 Å². The van der Waals surface area contributed by atoms with Gasteiger partial charge in [-0.1, -0.05) is 12.5 Å². The lowest BCUT2D eigenvalue weighted by molar-refractivity contribution is -0.126. The first-order valence-corrected chi connectivity index (χ1v) is 12.3. The second-order valence-corrected chi connectivity index (χ2v) is 10.4. The van der Waals surface area contributed by atoms with Crippen LogP contribution in [0.25, 0.3) is 0 Å². The van der Waals surface area contributed by atoms with Crippen LogP contribution in [-0.4, -0.2) is 60.3 Å². The lowest BCUT2D eigenvalue weighted by atomic mass is 10.0. The van der Waals surface area contributed by atoms with Crippen LogP contribution in [0.15, 0.2) is 40.2 Å². The number of carbonyl (C=O) groups excluding carboxylic acids is 1. The van der Waals surface area contributed by atoms with E-state index >= 15 is 0 Å². The van der Waals surface area contributed by atoms with Gasteiger partial charge in [-0.3, -0.25) is 4.79 Å². The predicted octanol–water partition coefficient (Wildman–Crippen LogP) is 1.87. The second-order valence-electron chi connectivity index (χ2n) is 7.38. The maximum atomic E-state index is 13.0. The fourth-order valence-electron chi connectivity index (χ4n) is 3.96. The van der Waals surface area contributed by atoms with Crippen molar-refractivity contribution in [2.75, 3.05) is 24.5 Å². The molecule has 10 heteroatoms. The van der Waals surface area contributed by atoms with Gasteiger partial charge in [0.15, 0.2) is 0 Å². The summed E-state index contributed by atoms with van der Waals surface area (Å²) in [5.41, 5.74) is 0. The number of carbonyl (C=O) groups is 1. The smallest absolute Gasteiger partial charge is 0.253 e. The van der Waals surface area contributed by atoms with E-state index in [1.54, 1.807) is 36.0 Å². The summed E-state index contributed by atoms with van der Waals surface area (Å²) in [6.07, 6.45) is 7.22. The van der Waals surface area contributed by atoms with Crippen LogP contribution in [0.5, 0.6) is 0 Å². The molecule has 1 N–H and O–H groups in total. The van der Waals surface area contributed by atoms with Gasteiger partial charge in [0.1, 0.15) is 10.3 Å². The quantitative estimate of drug-likeness (QED) is 0.770. The Kier molecular flexibility index (Phi) is 6.12. The Bertz CT molecular complexity index is 913. The number of nitrogens with zero attached hydrogens (tertiary/aromatic N) is 4. The van der Waals surface area contributed by atoms with Gasteiger partial charge in [-0.05, 0) is 43.2 Å². The van der Waals surface area contributed by atoms with Gasteiger partial charge in [0.2, 0.25) is 11.9 Å². The molecule has 8 nitrogen and oxygen atoms in total. The summed E-state index contributed by atoms with van der Waals surface area (Å²) in [5, 5.41) is 4.85. The zero-order chi connectivity index (χ0) is 20.3. The van der Waals surface area contributed by atoms with Crippen LogP contribution < -0.4 is 10.2 Å². The Balaban J connectivity index is 1.38. The summed E-state index contributed by atoms with van der Waals surface area (Å²) >= 11 is 1.19. The number of aromatic nitrogens is 2. The molecule has 0 saturated carbocycles. The summed E-state index contributed by atoms with van der Waals surface area (Å²) in [4.78, 5) is 23.7. The molecule has 2 aromatic heterocycles. The Labute approximate surface area is 175 Å². The van der Waals surface area contributed by atoms with E-state index in [4.69, 9.17) is 0 Å². The van der Waals surface area contributed by atoms with Crippen LogP contribution in [0.3, 0.4) is 0 Å². The number of nitrogens with one attached hydrogen (secondary N) is 1. The highest BCUT2D eigenvalue weighted by Crippen LogP contribution is 2.28. The van der Waals surface area contributed by atoms with Crippen LogP contribution in [0.4, 0.5) is 5.95 Å². The molecular weight excluding hydrogens is 410 g/mol. The van der Waals surface area contributed by atoms with Gasteiger partial charge in [0.05, 0.1) is 0 Å². The lowest BCUT2D eigenvalue weighted by Crippen LogP contribution is -2.55. The van der Waals surface area contributed by atoms with Gasteiger partial charge < -0.3 is 10.2 Å². The van der Waals surface area contributed by atoms with Gasteiger partial charge in [-0.25, -0.2) is 18.4 Å². The lowest BCUT2D eigenvalue weighted by Gasteiger charge is -2.36. The fraction of sp³-hybridized carbons (Fsp3) is 0.526. The Hall–Kier alpha value is -2.04. The standard InChI is InChI=1S/C19H25N5O3S2/c25-18(22-15-7-12-23(13-8-15)19-20-9-4-10-21-19)16-5-1-2-11-24(16)29(26,27)17-6-3-14-28-17/h3-4,6,9-10,14-16H,1-2,5,7-8,11-13H2,(H,22,25). The van der Waals surface area contributed by atoms with E-state index in [9.17, 15) is 13.2 Å². The molecular formula is C19H25N5O3S2. The third-order valence-electron chi connectivity index (χ3n) is 5.49. The molecule has 0 radical (unpaired) electrons. The molecule has 2 fully saturated rings. The average molecular weight is 436 g/mol. The highest BCUT2D eigenvalue weighted by molar-refractivity contribution is 7.91. The van der Waals surface area contributed by atoms with Crippen molar-refractivity contribution >= 4 is 33.2 Å². The number of thiophene rings is 1. The van der Waals surface area contributed by atoms with Gasteiger partial charge in [-0.15, -0.1) is 11.3 Å². The van der Waals surface area contributed by atoms with Gasteiger partial charge in [0.25, 0.3) is 10.0 Å². The Morgan fingerprint density at radius 2 is 1.83 bits per heavy atom. The maximum absolute atomic E-state index is 13.0. The summed E-state index contributed by atoms with van der Waals surface area (Å²) in [5.74, 6) is 0.525. The molecule has 29 heavy (non-hydrogen) atoms. The van der Waals surface area contributed by atoms with E-state index in [0.29, 0.717) is 23.1 Å². The largest absolute Gasteiger partial charge is 0.352 e. The summed E-state index contributed by atoms with van der Waals surface area (Å²) < 4.78 is 27.7. The van der Waals surface area contributed by atoms with E-state index in [1.165, 1.54) is 15.6 Å². The van der Waals surface area contributed by atoms with Crippen LogP contribution >= 0.6 is 11.3 Å². The van der Waals surface area contributed by atoms with E-state index in [-0.39, 0.29) is 11.9 Å². The molecule has 2 saturated heterocycles. The molecule has 156 valence electrons. The van der Waals surface area contributed by atoms with E-state index in [0.717, 1.165) is 38.8 Å². The van der Waals surface area contributed by atoms with E-state index in [1.807, 2.05) is 0 Å². The summed E-state index contributed by atoms with van der Waals surface area (Å²) in [6, 6.07) is 4.52. The maximum Gasteiger partial charge on any atom is 0.253 e. The van der Waals surface area contributed by atoms with Crippen molar-refractivity contribution in [3.05, 3.63) is 36.0 Å². The monoisotopic (exact) mass is 435 g/mol. The molecule has 0 bridgehead atoms. The molecule has 1 atom stereocenters. The SMILES string of the molecule is O=C(NC1CCN(c2ncccn2)CC1)C1CCCCN1S(=O)(=O)c1cccs1. The minimum atomic E-state index is -3.63. The number of hydrogen-bond donors (Lipinski definition) is 1. The van der Waals surface area contributed by atoms with Crippen molar-refractivity contribution in [3.63, 3.8) is 0 Å². The minimum absolute atomic E-state index is 0.0377. The Morgan fingerprint density at radius 3 is 2.52 bits per heavy atom. The third kappa shape index (κ3) is 4.44. The van der Waals surface area contributed by atoms with Crippen LogP contribution in [0.1, 0.15) is 32.1 Å². The third-order valence-corrected chi connectivity index (χ3v) is 8.77. The van der Waals surface area contributed by atoms with Crippen molar-refractivity contribution in [1.29, 1.82) is 0 Å². The zero-order valence-electron chi connectivity index (χ0n) is 16.1. The highest BCUT2D eigenvalue weighted by Gasteiger charge is 2.38. The van der Waals surface area contributed by atoms with Crippen molar-refractivity contribution in [3.8, 4) is 0 Å². The molecule has 0 aliphatic carbocycles. The number of hydrogen-bond acceptors (Lipinski definition) is 7. The first-order chi connectivity index (χ1) is 14.1.